The molecule has 0 radical (unpaired) electrons. The number of hydrogen-bond donors (Lipinski definition) is 2. The lowest BCUT2D eigenvalue weighted by Gasteiger charge is -2.12. The molecule has 0 bridgehead atoms. The van der Waals surface area contributed by atoms with E-state index in [-0.39, 0.29) is 11.4 Å². The third kappa shape index (κ3) is 5.33. The number of nitrogens with one attached hydrogen (secondary N) is 2. The van der Waals surface area contributed by atoms with Gasteiger partial charge in [-0.2, -0.15) is 0 Å². The average Bonchev–Trinajstić information content (AvgIpc) is 3.21. The van der Waals surface area contributed by atoms with Crippen molar-refractivity contribution in [3.8, 4) is 11.6 Å². The number of anilines is 1. The van der Waals surface area contributed by atoms with Gasteiger partial charge < -0.3 is 14.6 Å². The summed E-state index contributed by atoms with van der Waals surface area (Å²) in [7, 11) is -3.60. The van der Waals surface area contributed by atoms with Crippen LogP contribution in [0.25, 0.3) is 5.82 Å². The molecule has 0 amide bonds. The fraction of sp³-hybridized carbons (Fsp3) is 0.300. The zero-order valence-electron chi connectivity index (χ0n) is 16.7. The molecule has 0 atom stereocenters. The van der Waals surface area contributed by atoms with Gasteiger partial charge in [0.05, 0.1) is 11.5 Å². The molecule has 1 aromatic carbocycles. The molecule has 3 rings (SSSR count). The quantitative estimate of drug-likeness (QED) is 0.522. The molecule has 0 saturated heterocycles. The highest BCUT2D eigenvalue weighted by atomic mass is 32.2. The van der Waals surface area contributed by atoms with Crippen LogP contribution in [0.15, 0.2) is 53.7 Å². The van der Waals surface area contributed by atoms with Gasteiger partial charge in [-0.1, -0.05) is 0 Å². The van der Waals surface area contributed by atoms with Crippen molar-refractivity contribution in [3.63, 3.8) is 0 Å². The summed E-state index contributed by atoms with van der Waals surface area (Å²) in [5.74, 6) is 2.70. The van der Waals surface area contributed by atoms with Crippen molar-refractivity contribution < 1.29 is 13.2 Å². The first kappa shape index (κ1) is 20.8. The summed E-state index contributed by atoms with van der Waals surface area (Å²) < 4.78 is 35.0. The van der Waals surface area contributed by atoms with Crippen LogP contribution in [0.4, 0.5) is 5.82 Å². The maximum atomic E-state index is 12.5. The monoisotopic (exact) mass is 415 g/mol. The van der Waals surface area contributed by atoms with Crippen LogP contribution < -0.4 is 14.8 Å². The molecule has 0 aliphatic rings. The molecule has 8 nitrogen and oxygen atoms in total. The summed E-state index contributed by atoms with van der Waals surface area (Å²) in [4.78, 5) is 8.96. The molecule has 0 fully saturated rings. The van der Waals surface area contributed by atoms with Gasteiger partial charge >= 0.3 is 0 Å². The van der Waals surface area contributed by atoms with Crippen molar-refractivity contribution in [2.45, 2.75) is 25.7 Å². The van der Waals surface area contributed by atoms with Crippen molar-refractivity contribution in [2.24, 2.45) is 0 Å². The van der Waals surface area contributed by atoms with Gasteiger partial charge in [0.1, 0.15) is 23.2 Å². The van der Waals surface area contributed by atoms with E-state index in [2.05, 4.69) is 20.0 Å². The summed E-state index contributed by atoms with van der Waals surface area (Å²) in [6.45, 7) is 6.67. The summed E-state index contributed by atoms with van der Waals surface area (Å²) in [6, 6.07) is 10.5. The Morgan fingerprint density at radius 2 is 1.83 bits per heavy atom. The van der Waals surface area contributed by atoms with Gasteiger partial charge in [0, 0.05) is 31.5 Å². The standard InChI is InChI=1S/C20H25N5O3S/c1-4-28-18-8-7-17(13-15(18)2)29(26,27)22-10-9-21-19-14-20(24-16(3)23-19)25-11-5-6-12-25/h5-8,11-14,22H,4,9-10H2,1-3H3,(H,21,23,24). The Hall–Kier alpha value is -2.91. The summed E-state index contributed by atoms with van der Waals surface area (Å²) in [5, 5.41) is 3.14. The number of aryl methyl sites for hydroxylation is 2. The van der Waals surface area contributed by atoms with E-state index in [0.717, 1.165) is 11.4 Å². The average molecular weight is 416 g/mol. The molecule has 0 unspecified atom stereocenters. The normalized spacial score (nSPS) is 11.4. The van der Waals surface area contributed by atoms with E-state index in [1.54, 1.807) is 18.2 Å². The number of nitrogens with zero attached hydrogens (tertiary/aromatic N) is 3. The van der Waals surface area contributed by atoms with E-state index in [1.165, 1.54) is 0 Å². The van der Waals surface area contributed by atoms with Gasteiger partial charge in [-0.25, -0.2) is 23.1 Å². The Balaban J connectivity index is 1.59. The summed E-state index contributed by atoms with van der Waals surface area (Å²) >= 11 is 0. The van der Waals surface area contributed by atoms with Crippen LogP contribution in [0, 0.1) is 13.8 Å². The Labute approximate surface area is 171 Å². The first-order valence-corrected chi connectivity index (χ1v) is 10.8. The SMILES string of the molecule is CCOc1ccc(S(=O)(=O)NCCNc2cc(-n3cccc3)nc(C)n2)cc1C. The lowest BCUT2D eigenvalue weighted by atomic mass is 10.2. The minimum atomic E-state index is -3.60. The molecule has 0 aliphatic heterocycles. The van der Waals surface area contributed by atoms with Crippen molar-refractivity contribution in [3.05, 3.63) is 60.2 Å². The minimum Gasteiger partial charge on any atom is -0.494 e. The van der Waals surface area contributed by atoms with E-state index >= 15 is 0 Å². The highest BCUT2D eigenvalue weighted by Crippen LogP contribution is 2.21. The van der Waals surface area contributed by atoms with E-state index in [0.29, 0.717) is 30.5 Å². The topological polar surface area (TPSA) is 98.1 Å². The lowest BCUT2D eigenvalue weighted by Crippen LogP contribution is -2.29. The first-order valence-electron chi connectivity index (χ1n) is 9.35. The third-order valence-corrected chi connectivity index (χ3v) is 5.63. The molecule has 3 aromatic rings. The van der Waals surface area contributed by atoms with E-state index in [1.807, 2.05) is 55.9 Å². The molecule has 0 aliphatic carbocycles. The molecule has 9 heteroatoms. The van der Waals surface area contributed by atoms with E-state index in [4.69, 9.17) is 4.74 Å². The van der Waals surface area contributed by atoms with Gasteiger partial charge in [0.15, 0.2) is 0 Å². The fourth-order valence-electron chi connectivity index (χ4n) is 2.83. The fourth-order valence-corrected chi connectivity index (χ4v) is 3.94. The molecule has 2 heterocycles. The van der Waals surface area contributed by atoms with E-state index < -0.39 is 10.0 Å². The molecular weight excluding hydrogens is 390 g/mol. The van der Waals surface area contributed by atoms with Crippen LogP contribution in [0.2, 0.25) is 0 Å². The Bertz CT molecular complexity index is 1070. The van der Waals surface area contributed by atoms with Gasteiger partial charge in [-0.15, -0.1) is 0 Å². The maximum Gasteiger partial charge on any atom is 0.240 e. The largest absolute Gasteiger partial charge is 0.494 e. The predicted molar refractivity (Wildman–Crippen MR) is 112 cm³/mol. The second-order valence-electron chi connectivity index (χ2n) is 6.43. The molecule has 154 valence electrons. The zero-order valence-corrected chi connectivity index (χ0v) is 17.5. The highest BCUT2D eigenvalue weighted by molar-refractivity contribution is 7.89. The van der Waals surface area contributed by atoms with Crippen LogP contribution in [-0.4, -0.2) is 42.6 Å². The van der Waals surface area contributed by atoms with Crippen LogP contribution in [-0.2, 0) is 10.0 Å². The van der Waals surface area contributed by atoms with Gasteiger partial charge in [0.2, 0.25) is 10.0 Å². The number of hydrogen-bond acceptors (Lipinski definition) is 6. The van der Waals surface area contributed by atoms with Crippen molar-refractivity contribution >= 4 is 15.8 Å². The van der Waals surface area contributed by atoms with Crippen LogP contribution in [0.1, 0.15) is 18.3 Å². The number of ether oxygens (including phenoxy) is 1. The molecular formula is C20H25N5O3S. The Morgan fingerprint density at radius 1 is 1.07 bits per heavy atom. The lowest BCUT2D eigenvalue weighted by molar-refractivity contribution is 0.337. The van der Waals surface area contributed by atoms with Crippen LogP contribution in [0.3, 0.4) is 0 Å². The Morgan fingerprint density at radius 3 is 2.52 bits per heavy atom. The number of benzene rings is 1. The molecule has 0 saturated carbocycles. The number of sulfonamides is 1. The Kier molecular flexibility index (Phi) is 6.50. The number of aromatic nitrogens is 3. The minimum absolute atomic E-state index is 0.214. The third-order valence-electron chi connectivity index (χ3n) is 4.17. The predicted octanol–water partition coefficient (Wildman–Crippen LogP) is 2.67. The molecule has 2 aromatic heterocycles. The molecule has 29 heavy (non-hydrogen) atoms. The smallest absolute Gasteiger partial charge is 0.240 e. The molecule has 2 N–H and O–H groups in total. The van der Waals surface area contributed by atoms with Crippen LogP contribution in [0.5, 0.6) is 5.75 Å². The van der Waals surface area contributed by atoms with Crippen molar-refractivity contribution in [1.29, 1.82) is 0 Å². The van der Waals surface area contributed by atoms with Crippen LogP contribution >= 0.6 is 0 Å². The summed E-state index contributed by atoms with van der Waals surface area (Å²) in [6.07, 6.45) is 3.80. The number of rotatable bonds is 9. The summed E-state index contributed by atoms with van der Waals surface area (Å²) in [5.41, 5.74) is 0.779. The van der Waals surface area contributed by atoms with E-state index in [9.17, 15) is 8.42 Å². The molecule has 0 spiro atoms. The second-order valence-corrected chi connectivity index (χ2v) is 8.20. The van der Waals surface area contributed by atoms with Gasteiger partial charge in [-0.05, 0) is 56.7 Å². The van der Waals surface area contributed by atoms with Crippen molar-refractivity contribution in [1.82, 2.24) is 19.3 Å². The zero-order chi connectivity index (χ0) is 20.9. The van der Waals surface area contributed by atoms with Gasteiger partial charge in [-0.3, -0.25) is 0 Å². The highest BCUT2D eigenvalue weighted by Gasteiger charge is 2.15. The second kappa shape index (κ2) is 9.06. The maximum absolute atomic E-state index is 12.5. The van der Waals surface area contributed by atoms with Crippen molar-refractivity contribution in [2.75, 3.05) is 25.0 Å². The van der Waals surface area contributed by atoms with Gasteiger partial charge in [0.25, 0.3) is 0 Å². The first-order chi connectivity index (χ1) is 13.9.